The van der Waals surface area contributed by atoms with Gasteiger partial charge in [0.2, 0.25) is 4.77 Å². The summed E-state index contributed by atoms with van der Waals surface area (Å²) in [4.78, 5) is 0. The molecule has 0 aliphatic rings. The number of aromatic amines is 1. The molecule has 4 aromatic rings. The van der Waals surface area contributed by atoms with Crippen LogP contribution in [0.5, 0.6) is 11.5 Å². The van der Waals surface area contributed by atoms with Gasteiger partial charge >= 0.3 is 0 Å². The number of hydrogen-bond donors (Lipinski definition) is 1. The number of H-pyrrole nitrogens is 1. The molecule has 0 aliphatic heterocycles. The van der Waals surface area contributed by atoms with Crippen LogP contribution in [0.2, 0.25) is 0 Å². The number of nitrogens with zero attached hydrogens (tertiary/aromatic N) is 3. The molecular weight excluding hydrogens is 372 g/mol. The number of aromatic nitrogens is 3. The average Bonchev–Trinajstić information content (AvgIpc) is 3.11. The maximum absolute atomic E-state index is 5.53. The summed E-state index contributed by atoms with van der Waals surface area (Å²) in [7, 11) is 3.26. The van der Waals surface area contributed by atoms with Crippen LogP contribution in [0, 0.1) is 4.77 Å². The zero-order valence-electron chi connectivity index (χ0n) is 15.4. The third-order valence-electron chi connectivity index (χ3n) is 4.45. The minimum Gasteiger partial charge on any atom is -0.496 e. The van der Waals surface area contributed by atoms with Crippen molar-refractivity contribution in [3.8, 4) is 22.9 Å². The van der Waals surface area contributed by atoms with Crippen molar-refractivity contribution in [3.63, 3.8) is 0 Å². The van der Waals surface area contributed by atoms with Gasteiger partial charge < -0.3 is 9.47 Å². The first-order valence-corrected chi connectivity index (χ1v) is 9.04. The standard InChI is InChI=1S/C21H18N4O2S/c1-26-18-10-6-5-9-16(18)20-23-24-21(28)25(20)22-13-17-15-8-4-3-7-14(15)11-12-19(17)27-2/h3-13H,1-2H3,(H,24,28)/b22-13-. The van der Waals surface area contributed by atoms with E-state index >= 15 is 0 Å². The van der Waals surface area contributed by atoms with Gasteiger partial charge in [0.1, 0.15) is 11.5 Å². The number of methoxy groups -OCH3 is 2. The molecule has 0 spiro atoms. The van der Waals surface area contributed by atoms with E-state index < -0.39 is 0 Å². The van der Waals surface area contributed by atoms with Crippen molar-refractivity contribution < 1.29 is 9.47 Å². The lowest BCUT2D eigenvalue weighted by atomic mass is 10.0. The fourth-order valence-electron chi connectivity index (χ4n) is 3.10. The number of hydrogen-bond acceptors (Lipinski definition) is 5. The average molecular weight is 390 g/mol. The first-order valence-electron chi connectivity index (χ1n) is 8.64. The van der Waals surface area contributed by atoms with Crippen LogP contribution in [0.15, 0.2) is 65.8 Å². The van der Waals surface area contributed by atoms with Crippen molar-refractivity contribution in [1.82, 2.24) is 14.9 Å². The largest absolute Gasteiger partial charge is 0.496 e. The monoisotopic (exact) mass is 390 g/mol. The molecule has 6 nitrogen and oxygen atoms in total. The lowest BCUT2D eigenvalue weighted by molar-refractivity contribution is 0.414. The van der Waals surface area contributed by atoms with E-state index in [9.17, 15) is 0 Å². The normalized spacial score (nSPS) is 11.2. The summed E-state index contributed by atoms with van der Waals surface area (Å²) < 4.78 is 12.9. The number of ether oxygens (including phenoxy) is 2. The van der Waals surface area contributed by atoms with E-state index in [1.807, 2.05) is 54.6 Å². The summed E-state index contributed by atoms with van der Waals surface area (Å²) in [5.41, 5.74) is 1.66. The van der Waals surface area contributed by atoms with Crippen LogP contribution in [-0.4, -0.2) is 35.3 Å². The Kier molecular flexibility index (Phi) is 4.90. The van der Waals surface area contributed by atoms with Gasteiger partial charge in [0.15, 0.2) is 5.82 Å². The van der Waals surface area contributed by atoms with Gasteiger partial charge in [0.25, 0.3) is 0 Å². The van der Waals surface area contributed by atoms with Crippen LogP contribution < -0.4 is 9.47 Å². The highest BCUT2D eigenvalue weighted by Crippen LogP contribution is 2.29. The van der Waals surface area contributed by atoms with Crippen LogP contribution in [0.25, 0.3) is 22.2 Å². The summed E-state index contributed by atoms with van der Waals surface area (Å²) in [6, 6.07) is 19.6. The second-order valence-corrected chi connectivity index (χ2v) is 6.40. The summed E-state index contributed by atoms with van der Waals surface area (Å²) in [6.45, 7) is 0. The molecule has 4 rings (SSSR count). The molecule has 1 heterocycles. The van der Waals surface area contributed by atoms with Gasteiger partial charge in [0.05, 0.1) is 26.0 Å². The first-order chi connectivity index (χ1) is 13.7. The molecule has 0 bridgehead atoms. The molecule has 0 amide bonds. The van der Waals surface area contributed by atoms with E-state index in [1.54, 1.807) is 25.1 Å². The van der Waals surface area contributed by atoms with Crippen LogP contribution in [0.4, 0.5) is 0 Å². The first kappa shape index (κ1) is 17.9. The fraction of sp³-hybridized carbons (Fsp3) is 0.0952. The molecule has 1 N–H and O–H groups in total. The molecule has 0 saturated carbocycles. The Morgan fingerprint density at radius 1 is 0.964 bits per heavy atom. The second-order valence-electron chi connectivity index (χ2n) is 6.01. The van der Waals surface area contributed by atoms with Crippen molar-refractivity contribution in [1.29, 1.82) is 0 Å². The highest BCUT2D eigenvalue weighted by atomic mass is 32.1. The SMILES string of the molecule is COc1ccccc1-c1n[nH]c(=S)n1/N=C\c1c(OC)ccc2ccccc12. The number of benzene rings is 3. The molecule has 7 heteroatoms. The smallest absolute Gasteiger partial charge is 0.216 e. The Morgan fingerprint density at radius 2 is 1.71 bits per heavy atom. The van der Waals surface area contributed by atoms with Gasteiger partial charge in [-0.25, -0.2) is 5.10 Å². The summed E-state index contributed by atoms with van der Waals surface area (Å²) in [5, 5.41) is 13.9. The van der Waals surface area contributed by atoms with E-state index in [2.05, 4.69) is 21.4 Å². The van der Waals surface area contributed by atoms with Crippen molar-refractivity contribution in [2.75, 3.05) is 14.2 Å². The van der Waals surface area contributed by atoms with Gasteiger partial charge in [-0.1, -0.05) is 42.5 Å². The molecule has 28 heavy (non-hydrogen) atoms. The zero-order chi connectivity index (χ0) is 19.5. The number of fused-ring (bicyclic) bond motifs is 1. The molecular formula is C21H18N4O2S. The lowest BCUT2D eigenvalue weighted by Crippen LogP contribution is -1.98. The van der Waals surface area contributed by atoms with E-state index in [0.29, 0.717) is 16.3 Å². The highest BCUT2D eigenvalue weighted by molar-refractivity contribution is 7.71. The summed E-state index contributed by atoms with van der Waals surface area (Å²) in [5.74, 6) is 1.99. The third kappa shape index (κ3) is 3.16. The quantitative estimate of drug-likeness (QED) is 0.398. The van der Waals surface area contributed by atoms with Crippen molar-refractivity contribution >= 4 is 29.2 Å². The van der Waals surface area contributed by atoms with Gasteiger partial charge in [-0.3, -0.25) is 0 Å². The van der Waals surface area contributed by atoms with Crippen molar-refractivity contribution in [3.05, 3.63) is 71.0 Å². The maximum Gasteiger partial charge on any atom is 0.216 e. The number of nitrogens with one attached hydrogen (secondary N) is 1. The van der Waals surface area contributed by atoms with Crippen molar-refractivity contribution in [2.45, 2.75) is 0 Å². The van der Waals surface area contributed by atoms with Gasteiger partial charge in [-0.15, -0.1) is 0 Å². The van der Waals surface area contributed by atoms with E-state index in [1.165, 1.54) is 0 Å². The molecule has 0 saturated heterocycles. The molecule has 3 aromatic carbocycles. The van der Waals surface area contributed by atoms with E-state index in [-0.39, 0.29) is 0 Å². The molecule has 0 atom stereocenters. The lowest BCUT2D eigenvalue weighted by Gasteiger charge is -2.09. The Balaban J connectivity index is 1.86. The van der Waals surface area contributed by atoms with Crippen LogP contribution in [0.1, 0.15) is 5.56 Å². The van der Waals surface area contributed by atoms with E-state index in [0.717, 1.165) is 27.6 Å². The molecule has 0 radical (unpaired) electrons. The molecule has 0 aliphatic carbocycles. The van der Waals surface area contributed by atoms with Gasteiger partial charge in [0, 0.05) is 5.56 Å². The van der Waals surface area contributed by atoms with E-state index in [4.69, 9.17) is 21.7 Å². The topological polar surface area (TPSA) is 64.4 Å². The predicted molar refractivity (Wildman–Crippen MR) is 113 cm³/mol. The fourth-order valence-corrected chi connectivity index (χ4v) is 3.28. The number of rotatable bonds is 5. The van der Waals surface area contributed by atoms with Crippen LogP contribution in [0.3, 0.4) is 0 Å². The second kappa shape index (κ2) is 7.66. The van der Waals surface area contributed by atoms with Gasteiger partial charge in [-0.2, -0.15) is 14.9 Å². The third-order valence-corrected chi connectivity index (χ3v) is 4.72. The van der Waals surface area contributed by atoms with Gasteiger partial charge in [-0.05, 0) is 41.2 Å². The van der Waals surface area contributed by atoms with Crippen molar-refractivity contribution in [2.24, 2.45) is 5.10 Å². The van der Waals surface area contributed by atoms with Crippen LogP contribution >= 0.6 is 12.2 Å². The maximum atomic E-state index is 5.53. The Morgan fingerprint density at radius 3 is 2.54 bits per heavy atom. The molecule has 0 unspecified atom stereocenters. The summed E-state index contributed by atoms with van der Waals surface area (Å²) >= 11 is 5.38. The molecule has 0 fully saturated rings. The molecule has 1 aromatic heterocycles. The summed E-state index contributed by atoms with van der Waals surface area (Å²) in [6.07, 6.45) is 1.74. The highest BCUT2D eigenvalue weighted by Gasteiger charge is 2.13. The Labute approximate surface area is 167 Å². The molecule has 140 valence electrons. The Bertz CT molecular complexity index is 1230. The van der Waals surface area contributed by atoms with Crippen LogP contribution in [-0.2, 0) is 0 Å². The minimum atomic E-state index is 0.386. The zero-order valence-corrected chi connectivity index (χ0v) is 16.2. The Hall–Kier alpha value is -3.45. The number of para-hydroxylation sites is 1. The predicted octanol–water partition coefficient (Wildman–Crippen LogP) is 4.66. The minimum absolute atomic E-state index is 0.386.